The second kappa shape index (κ2) is 6.29. The van der Waals surface area contributed by atoms with Gasteiger partial charge in [0, 0.05) is 25.0 Å². The Morgan fingerprint density at radius 1 is 1.40 bits per heavy atom. The molecule has 2 aliphatic rings. The number of likely N-dealkylation sites (tertiary alicyclic amines) is 1. The summed E-state index contributed by atoms with van der Waals surface area (Å²) in [5.74, 6) is -2.76. The number of hydrogen-bond donors (Lipinski definition) is 2. The summed E-state index contributed by atoms with van der Waals surface area (Å²) >= 11 is 0. The number of rotatable bonds is 1. The minimum absolute atomic E-state index is 0.153. The number of halogens is 3. The second-order valence-corrected chi connectivity index (χ2v) is 4.78. The molecule has 2 rings (SSSR count). The first-order valence-electron chi connectivity index (χ1n) is 6.13. The fourth-order valence-corrected chi connectivity index (χ4v) is 2.17. The van der Waals surface area contributed by atoms with E-state index in [0.717, 1.165) is 26.2 Å². The number of hydrogen-bond acceptors (Lipinski definition) is 4. The van der Waals surface area contributed by atoms with Gasteiger partial charge in [0.05, 0.1) is 6.61 Å². The van der Waals surface area contributed by atoms with E-state index in [4.69, 9.17) is 14.6 Å². The molecule has 1 amide bonds. The fraction of sp³-hybridized carbons (Fsp3) is 0.818. The van der Waals surface area contributed by atoms with Gasteiger partial charge in [-0.3, -0.25) is 0 Å². The van der Waals surface area contributed by atoms with Crippen molar-refractivity contribution in [3.05, 3.63) is 0 Å². The van der Waals surface area contributed by atoms with Crippen LogP contribution in [0.4, 0.5) is 18.0 Å². The molecule has 20 heavy (non-hydrogen) atoms. The van der Waals surface area contributed by atoms with Gasteiger partial charge in [-0.05, 0) is 19.9 Å². The Labute approximate surface area is 113 Å². The highest BCUT2D eigenvalue weighted by molar-refractivity contribution is 5.73. The number of nitrogens with one attached hydrogen (secondary N) is 1. The molecule has 116 valence electrons. The lowest BCUT2D eigenvalue weighted by Crippen LogP contribution is -2.59. The summed E-state index contributed by atoms with van der Waals surface area (Å²) in [6, 6.07) is 0. The molecule has 2 N–H and O–H groups in total. The van der Waals surface area contributed by atoms with Crippen molar-refractivity contribution >= 4 is 12.1 Å². The van der Waals surface area contributed by atoms with Crippen LogP contribution in [-0.4, -0.2) is 61.0 Å². The van der Waals surface area contributed by atoms with Crippen molar-refractivity contribution in [3.8, 4) is 0 Å². The summed E-state index contributed by atoms with van der Waals surface area (Å²) < 4.78 is 36.7. The van der Waals surface area contributed by atoms with Crippen molar-refractivity contribution in [2.75, 3.05) is 32.8 Å². The number of carbonyl (C=O) groups is 2. The third-order valence-electron chi connectivity index (χ3n) is 3.15. The fourth-order valence-electron chi connectivity index (χ4n) is 2.17. The molecule has 2 fully saturated rings. The molecule has 2 saturated heterocycles. The maximum atomic E-state index is 11.2. The molecule has 2 aliphatic heterocycles. The molecule has 0 aromatic rings. The zero-order valence-corrected chi connectivity index (χ0v) is 11.0. The standard InChI is InChI=1S/C9H16N2O2.C2HF3O2/c1-2-13-8(12)11-6-9(7-11)3-4-10-5-9;3-2(4,5)1(6)7/h10H,2-7H2,1H3;(H,6,7). The van der Waals surface area contributed by atoms with Gasteiger partial charge in [-0.15, -0.1) is 0 Å². The number of carboxylic acids is 1. The summed E-state index contributed by atoms with van der Waals surface area (Å²) in [5.41, 5.74) is 0.382. The molecule has 0 aromatic carbocycles. The number of ether oxygens (including phenoxy) is 1. The van der Waals surface area contributed by atoms with Gasteiger partial charge in [0.15, 0.2) is 0 Å². The lowest BCUT2D eigenvalue weighted by molar-refractivity contribution is -0.192. The van der Waals surface area contributed by atoms with Crippen LogP contribution in [0.25, 0.3) is 0 Å². The number of carbonyl (C=O) groups excluding carboxylic acids is 1. The van der Waals surface area contributed by atoms with Gasteiger partial charge in [-0.25, -0.2) is 9.59 Å². The maximum absolute atomic E-state index is 11.2. The number of amides is 1. The van der Waals surface area contributed by atoms with Crippen LogP contribution in [0.15, 0.2) is 0 Å². The molecular weight excluding hydrogens is 281 g/mol. The van der Waals surface area contributed by atoms with Crippen LogP contribution >= 0.6 is 0 Å². The minimum Gasteiger partial charge on any atom is -0.475 e. The Hall–Kier alpha value is -1.51. The Morgan fingerprint density at radius 3 is 2.30 bits per heavy atom. The third kappa shape index (κ3) is 4.26. The van der Waals surface area contributed by atoms with Gasteiger partial charge in [-0.2, -0.15) is 13.2 Å². The lowest BCUT2D eigenvalue weighted by Gasteiger charge is -2.46. The average molecular weight is 298 g/mol. The van der Waals surface area contributed by atoms with Crippen LogP contribution in [0.1, 0.15) is 13.3 Å². The van der Waals surface area contributed by atoms with Crippen molar-refractivity contribution < 1.29 is 32.6 Å². The predicted octanol–water partition coefficient (Wildman–Crippen LogP) is 1.07. The molecule has 0 bridgehead atoms. The van der Waals surface area contributed by atoms with Crippen LogP contribution in [0.3, 0.4) is 0 Å². The zero-order valence-electron chi connectivity index (χ0n) is 11.0. The van der Waals surface area contributed by atoms with Crippen LogP contribution in [-0.2, 0) is 9.53 Å². The molecule has 9 heteroatoms. The predicted molar refractivity (Wildman–Crippen MR) is 62.2 cm³/mol. The van der Waals surface area contributed by atoms with Gasteiger partial charge >= 0.3 is 18.2 Å². The Morgan fingerprint density at radius 2 is 1.95 bits per heavy atom. The van der Waals surface area contributed by atoms with E-state index in [2.05, 4.69) is 5.32 Å². The van der Waals surface area contributed by atoms with Crippen LogP contribution in [0, 0.1) is 5.41 Å². The summed E-state index contributed by atoms with van der Waals surface area (Å²) in [6.45, 7) is 6.21. The van der Waals surface area contributed by atoms with Crippen molar-refractivity contribution in [1.29, 1.82) is 0 Å². The number of carboxylic acid groups (broad SMARTS) is 1. The number of alkyl halides is 3. The first-order valence-corrected chi connectivity index (χ1v) is 6.13. The second-order valence-electron chi connectivity index (χ2n) is 4.78. The quantitative estimate of drug-likeness (QED) is 0.757. The van der Waals surface area contributed by atoms with E-state index in [9.17, 15) is 18.0 Å². The Kier molecular flexibility index (Phi) is 5.21. The molecule has 0 unspecified atom stereocenters. The van der Waals surface area contributed by atoms with Gasteiger partial charge in [0.1, 0.15) is 0 Å². The van der Waals surface area contributed by atoms with Gasteiger partial charge in [0.25, 0.3) is 0 Å². The molecule has 0 saturated carbocycles. The molecule has 0 aromatic heterocycles. The average Bonchev–Trinajstić information content (AvgIpc) is 2.75. The monoisotopic (exact) mass is 298 g/mol. The highest BCUT2D eigenvalue weighted by atomic mass is 19.4. The zero-order chi connectivity index (χ0) is 15.4. The third-order valence-corrected chi connectivity index (χ3v) is 3.15. The van der Waals surface area contributed by atoms with E-state index in [-0.39, 0.29) is 6.09 Å². The van der Waals surface area contributed by atoms with Crippen LogP contribution in [0.2, 0.25) is 0 Å². The summed E-state index contributed by atoms with van der Waals surface area (Å²) in [5, 5.41) is 10.5. The van der Waals surface area contributed by atoms with E-state index in [0.29, 0.717) is 12.0 Å². The van der Waals surface area contributed by atoms with Crippen molar-refractivity contribution in [1.82, 2.24) is 10.2 Å². The number of nitrogens with zero attached hydrogens (tertiary/aromatic N) is 1. The molecular formula is C11H17F3N2O4. The van der Waals surface area contributed by atoms with E-state index < -0.39 is 12.1 Å². The highest BCUT2D eigenvalue weighted by Gasteiger charge is 2.47. The normalized spacial score (nSPS) is 19.9. The van der Waals surface area contributed by atoms with Gasteiger partial charge in [0.2, 0.25) is 0 Å². The van der Waals surface area contributed by atoms with Crippen molar-refractivity contribution in [2.24, 2.45) is 5.41 Å². The topological polar surface area (TPSA) is 78.9 Å². The van der Waals surface area contributed by atoms with Crippen molar-refractivity contribution in [3.63, 3.8) is 0 Å². The van der Waals surface area contributed by atoms with E-state index >= 15 is 0 Å². The molecule has 0 radical (unpaired) electrons. The van der Waals surface area contributed by atoms with E-state index in [1.807, 2.05) is 6.92 Å². The number of aliphatic carboxylic acids is 1. The molecule has 0 aliphatic carbocycles. The first kappa shape index (κ1) is 16.5. The Balaban J connectivity index is 0.000000246. The maximum Gasteiger partial charge on any atom is 0.490 e. The first-order chi connectivity index (χ1) is 9.20. The highest BCUT2D eigenvalue weighted by Crippen LogP contribution is 2.36. The van der Waals surface area contributed by atoms with Crippen LogP contribution < -0.4 is 5.32 Å². The van der Waals surface area contributed by atoms with E-state index in [1.54, 1.807) is 4.90 Å². The minimum atomic E-state index is -5.08. The molecule has 0 atom stereocenters. The SMILES string of the molecule is CCOC(=O)N1CC2(CCNC2)C1.O=C(O)C(F)(F)F. The van der Waals surface area contributed by atoms with Crippen molar-refractivity contribution in [2.45, 2.75) is 19.5 Å². The summed E-state index contributed by atoms with van der Waals surface area (Å²) in [4.78, 5) is 21.9. The van der Waals surface area contributed by atoms with Gasteiger partial charge in [-0.1, -0.05) is 0 Å². The smallest absolute Gasteiger partial charge is 0.475 e. The van der Waals surface area contributed by atoms with Crippen LogP contribution in [0.5, 0.6) is 0 Å². The molecule has 6 nitrogen and oxygen atoms in total. The largest absolute Gasteiger partial charge is 0.490 e. The molecule has 2 heterocycles. The van der Waals surface area contributed by atoms with E-state index in [1.165, 1.54) is 6.42 Å². The summed E-state index contributed by atoms with van der Waals surface area (Å²) in [6.07, 6.45) is -4.04. The summed E-state index contributed by atoms with van der Waals surface area (Å²) in [7, 11) is 0. The Bertz CT molecular complexity index is 359. The van der Waals surface area contributed by atoms with Gasteiger partial charge < -0.3 is 20.1 Å². The lowest BCUT2D eigenvalue weighted by atomic mass is 9.79. The molecule has 1 spiro atoms.